The van der Waals surface area contributed by atoms with E-state index in [1.54, 1.807) is 19.2 Å². The van der Waals surface area contributed by atoms with Gasteiger partial charge in [0.25, 0.3) is 0 Å². The number of nitrogens with zero attached hydrogens (tertiary/aromatic N) is 3. The second kappa shape index (κ2) is 8.17. The minimum atomic E-state index is -0.239. The van der Waals surface area contributed by atoms with Crippen LogP contribution in [0.4, 0.5) is 15.9 Å². The van der Waals surface area contributed by atoms with Gasteiger partial charge in [-0.15, -0.1) is 10.2 Å². The molecule has 0 aliphatic rings. The third-order valence-electron chi connectivity index (χ3n) is 4.71. The number of carbonyl (C=O) groups excluding carboxylic acids is 1. The highest BCUT2D eigenvalue weighted by Gasteiger charge is 2.20. The van der Waals surface area contributed by atoms with E-state index in [9.17, 15) is 9.18 Å². The van der Waals surface area contributed by atoms with Crippen molar-refractivity contribution in [2.45, 2.75) is 19.3 Å². The first kappa shape index (κ1) is 19.5. The molecule has 0 aliphatic heterocycles. The zero-order valence-electron chi connectivity index (χ0n) is 16.2. The molecule has 1 amide bonds. The number of nitrogens with one attached hydrogen (secondary N) is 1. The molecule has 0 aliphatic carbocycles. The Hall–Kier alpha value is -3.28. The van der Waals surface area contributed by atoms with Gasteiger partial charge in [0, 0.05) is 30.3 Å². The maximum Gasteiger partial charge on any atom is 0.213 e. The highest BCUT2D eigenvalue weighted by Crippen LogP contribution is 2.25. The molecule has 0 fully saturated rings. The van der Waals surface area contributed by atoms with Gasteiger partial charge in [0.1, 0.15) is 11.6 Å². The van der Waals surface area contributed by atoms with E-state index < -0.39 is 0 Å². The van der Waals surface area contributed by atoms with Gasteiger partial charge in [0.2, 0.25) is 6.41 Å². The minimum Gasteiger partial charge on any atom is -0.368 e. The second-order valence-corrected chi connectivity index (χ2v) is 7.31. The van der Waals surface area contributed by atoms with Crippen LogP contribution in [0, 0.1) is 5.82 Å². The van der Waals surface area contributed by atoms with Crippen LogP contribution in [0.3, 0.4) is 0 Å². The Morgan fingerprint density at radius 2 is 1.82 bits per heavy atom. The lowest BCUT2D eigenvalue weighted by molar-refractivity contribution is -0.107. The lowest BCUT2D eigenvalue weighted by Gasteiger charge is -2.25. The van der Waals surface area contributed by atoms with Crippen molar-refractivity contribution in [2.24, 2.45) is 0 Å². The molecule has 0 saturated carbocycles. The van der Waals surface area contributed by atoms with E-state index in [0.29, 0.717) is 12.4 Å². The fourth-order valence-corrected chi connectivity index (χ4v) is 2.84. The van der Waals surface area contributed by atoms with E-state index in [0.717, 1.165) is 28.9 Å². The van der Waals surface area contributed by atoms with Crippen LogP contribution in [0.2, 0.25) is 0 Å². The number of rotatable bonds is 7. The van der Waals surface area contributed by atoms with Crippen LogP contribution >= 0.6 is 0 Å². The molecule has 5 nitrogen and oxygen atoms in total. The quantitative estimate of drug-likeness (QED) is 0.624. The first-order chi connectivity index (χ1) is 13.4. The largest absolute Gasteiger partial charge is 0.368 e. The molecule has 0 bridgehead atoms. The lowest BCUT2D eigenvalue weighted by atomic mass is 9.84. The van der Waals surface area contributed by atoms with Crippen LogP contribution in [0.5, 0.6) is 0 Å². The topological polar surface area (TPSA) is 58.1 Å². The molecule has 0 atom stereocenters. The molecular formula is C22H23FN4O. The summed E-state index contributed by atoms with van der Waals surface area (Å²) in [5.74, 6) is 0.428. The number of amides is 1. The molecule has 0 unspecified atom stereocenters. The molecule has 0 saturated heterocycles. The van der Waals surface area contributed by atoms with Gasteiger partial charge in [0.15, 0.2) is 0 Å². The van der Waals surface area contributed by atoms with E-state index >= 15 is 0 Å². The summed E-state index contributed by atoms with van der Waals surface area (Å²) in [7, 11) is 1.70. The van der Waals surface area contributed by atoms with Crippen molar-refractivity contribution in [3.63, 3.8) is 0 Å². The molecule has 0 spiro atoms. The summed E-state index contributed by atoms with van der Waals surface area (Å²) in [5, 5.41) is 11.8. The first-order valence-electron chi connectivity index (χ1n) is 9.01. The Bertz CT molecular complexity index is 940. The molecule has 1 N–H and O–H groups in total. The zero-order chi connectivity index (χ0) is 20.1. The van der Waals surface area contributed by atoms with E-state index in [4.69, 9.17) is 0 Å². The number of benzene rings is 2. The van der Waals surface area contributed by atoms with Crippen LogP contribution < -0.4 is 10.2 Å². The van der Waals surface area contributed by atoms with Crippen molar-refractivity contribution in [1.82, 2.24) is 10.2 Å². The molecule has 0 radical (unpaired) electrons. The molecule has 1 aromatic heterocycles. The summed E-state index contributed by atoms with van der Waals surface area (Å²) in [4.78, 5) is 12.4. The Balaban J connectivity index is 1.69. The van der Waals surface area contributed by atoms with Crippen molar-refractivity contribution < 1.29 is 9.18 Å². The summed E-state index contributed by atoms with van der Waals surface area (Å²) >= 11 is 0. The average Bonchev–Trinajstić information content (AvgIpc) is 2.72. The summed E-state index contributed by atoms with van der Waals surface area (Å²) in [6.45, 7) is 4.81. The molecule has 2 aromatic carbocycles. The Labute approximate surface area is 164 Å². The summed E-state index contributed by atoms with van der Waals surface area (Å²) in [6.07, 6.45) is 0.765. The van der Waals surface area contributed by atoms with Crippen LogP contribution in [-0.2, 0) is 10.2 Å². The summed E-state index contributed by atoms with van der Waals surface area (Å²) in [6, 6.07) is 17.9. The van der Waals surface area contributed by atoms with E-state index in [1.807, 2.05) is 36.4 Å². The third-order valence-corrected chi connectivity index (χ3v) is 4.71. The van der Waals surface area contributed by atoms with Gasteiger partial charge in [-0.3, -0.25) is 4.79 Å². The van der Waals surface area contributed by atoms with Crippen LogP contribution in [0.25, 0.3) is 11.3 Å². The van der Waals surface area contributed by atoms with E-state index in [1.165, 1.54) is 17.0 Å². The predicted octanol–water partition coefficient (Wildman–Crippen LogP) is 4.27. The number of carbonyl (C=O) groups is 1. The number of anilines is 2. The van der Waals surface area contributed by atoms with Gasteiger partial charge < -0.3 is 10.2 Å². The Morgan fingerprint density at radius 3 is 2.46 bits per heavy atom. The third kappa shape index (κ3) is 4.52. The van der Waals surface area contributed by atoms with Crippen molar-refractivity contribution in [2.75, 3.05) is 23.8 Å². The Morgan fingerprint density at radius 1 is 1.07 bits per heavy atom. The van der Waals surface area contributed by atoms with Crippen LogP contribution in [0.15, 0.2) is 60.7 Å². The molecular weight excluding hydrogens is 355 g/mol. The maximum absolute atomic E-state index is 13.1. The lowest BCUT2D eigenvalue weighted by Crippen LogP contribution is -2.28. The number of hydrogen-bond acceptors (Lipinski definition) is 4. The fourth-order valence-electron chi connectivity index (χ4n) is 2.84. The maximum atomic E-state index is 13.1. The highest BCUT2D eigenvalue weighted by atomic mass is 19.1. The zero-order valence-corrected chi connectivity index (χ0v) is 16.2. The van der Waals surface area contributed by atoms with Gasteiger partial charge in [-0.25, -0.2) is 4.39 Å². The summed E-state index contributed by atoms with van der Waals surface area (Å²) in [5.41, 5.74) is 3.25. The standard InChI is InChI=1S/C22H23FN4O/c1-22(2,17-7-9-18(23)10-8-17)14-24-21-12-11-20(25-26-21)16-5-4-6-19(13-16)27(3)15-28/h4-13,15H,14H2,1-3H3,(H,24,26). The first-order valence-corrected chi connectivity index (χ1v) is 9.01. The minimum absolute atomic E-state index is 0.193. The van der Waals surface area contributed by atoms with Gasteiger partial charge in [-0.05, 0) is 42.0 Å². The smallest absolute Gasteiger partial charge is 0.213 e. The predicted molar refractivity (Wildman–Crippen MR) is 110 cm³/mol. The SMILES string of the molecule is CN(C=O)c1cccc(-c2ccc(NCC(C)(C)c3ccc(F)cc3)nn2)c1. The van der Waals surface area contributed by atoms with Gasteiger partial charge in [0.05, 0.1) is 5.69 Å². The van der Waals surface area contributed by atoms with Crippen molar-refractivity contribution in [3.8, 4) is 11.3 Å². The number of aromatic nitrogens is 2. The van der Waals surface area contributed by atoms with Gasteiger partial charge in [-0.2, -0.15) is 0 Å². The molecule has 144 valence electrons. The number of hydrogen-bond donors (Lipinski definition) is 1. The van der Waals surface area contributed by atoms with Crippen LogP contribution in [-0.4, -0.2) is 30.2 Å². The number of halogens is 1. The normalized spacial score (nSPS) is 11.1. The van der Waals surface area contributed by atoms with Crippen molar-refractivity contribution in [3.05, 3.63) is 72.0 Å². The van der Waals surface area contributed by atoms with Crippen molar-refractivity contribution >= 4 is 17.9 Å². The van der Waals surface area contributed by atoms with E-state index in [2.05, 4.69) is 29.4 Å². The van der Waals surface area contributed by atoms with Crippen LogP contribution in [0.1, 0.15) is 19.4 Å². The van der Waals surface area contributed by atoms with Gasteiger partial charge >= 0.3 is 0 Å². The molecule has 3 aromatic rings. The molecule has 3 rings (SSSR count). The molecule has 28 heavy (non-hydrogen) atoms. The fraction of sp³-hybridized carbons (Fsp3) is 0.227. The van der Waals surface area contributed by atoms with Gasteiger partial charge in [-0.1, -0.05) is 38.1 Å². The molecule has 6 heteroatoms. The summed E-state index contributed by atoms with van der Waals surface area (Å²) < 4.78 is 13.1. The van der Waals surface area contributed by atoms with Crippen molar-refractivity contribution in [1.29, 1.82) is 0 Å². The molecule has 1 heterocycles. The Kier molecular flexibility index (Phi) is 5.68. The van der Waals surface area contributed by atoms with E-state index in [-0.39, 0.29) is 11.2 Å². The highest BCUT2D eigenvalue weighted by molar-refractivity contribution is 5.77. The average molecular weight is 378 g/mol. The monoisotopic (exact) mass is 378 g/mol. The second-order valence-electron chi connectivity index (χ2n) is 7.31.